The molecule has 6 nitrogen and oxygen atoms in total. The predicted molar refractivity (Wildman–Crippen MR) is 43.2 cm³/mol. The minimum Gasteiger partial charge on any atom is -0.741 e. The van der Waals surface area contributed by atoms with Crippen LogP contribution in [0.4, 0.5) is 13.2 Å². The standard InChI is InChI=1S/C5H9NO2.CHF3O3S/c7-5(8)4-2-1-3-6-4;2-1(3,4)8(5,6)7/h4,6H,1-3H2,(H,7,8);(H,5,6,7). The second kappa shape index (κ2) is 5.46. The van der Waals surface area contributed by atoms with Crippen LogP contribution in [0.5, 0.6) is 0 Å². The third kappa shape index (κ3) is 5.28. The second-order valence-corrected chi connectivity index (χ2v) is 4.38. The lowest BCUT2D eigenvalue weighted by Crippen LogP contribution is -2.88. The number of alkyl halides is 3. The third-order valence-electron chi connectivity index (χ3n) is 1.77. The molecule has 10 heteroatoms. The number of rotatable bonds is 1. The Balaban J connectivity index is 0.000000281. The van der Waals surface area contributed by atoms with Crippen molar-refractivity contribution < 1.29 is 41.4 Å². The maximum absolute atomic E-state index is 10.7. The molecule has 0 aliphatic carbocycles. The number of hydrogen-bond donors (Lipinski definition) is 2. The number of halogens is 3. The van der Waals surface area contributed by atoms with Crippen molar-refractivity contribution in [3.63, 3.8) is 0 Å². The van der Waals surface area contributed by atoms with E-state index in [0.29, 0.717) is 0 Å². The number of hydrogen-bond acceptors (Lipinski definition) is 4. The fourth-order valence-corrected chi connectivity index (χ4v) is 0.999. The molecule has 1 unspecified atom stereocenters. The van der Waals surface area contributed by atoms with Gasteiger partial charge in [0.15, 0.2) is 16.2 Å². The first kappa shape index (κ1) is 15.1. The van der Waals surface area contributed by atoms with Gasteiger partial charge in [-0.1, -0.05) is 0 Å². The Labute approximate surface area is 89.2 Å². The van der Waals surface area contributed by atoms with Crippen molar-refractivity contribution in [1.82, 2.24) is 0 Å². The van der Waals surface area contributed by atoms with Crippen LogP contribution in [0.15, 0.2) is 0 Å². The van der Waals surface area contributed by atoms with E-state index in [2.05, 4.69) is 0 Å². The average molecular weight is 265 g/mol. The molecule has 96 valence electrons. The lowest BCUT2D eigenvalue weighted by atomic mass is 10.2. The minimum atomic E-state index is -6.09. The molecule has 0 amide bonds. The molecule has 16 heavy (non-hydrogen) atoms. The van der Waals surface area contributed by atoms with E-state index >= 15 is 0 Å². The molecule has 0 radical (unpaired) electrons. The van der Waals surface area contributed by atoms with Gasteiger partial charge in [0.25, 0.3) is 0 Å². The van der Waals surface area contributed by atoms with Crippen LogP contribution in [0.1, 0.15) is 12.8 Å². The first-order valence-corrected chi connectivity index (χ1v) is 5.55. The van der Waals surface area contributed by atoms with Gasteiger partial charge in [0.1, 0.15) is 0 Å². The van der Waals surface area contributed by atoms with E-state index < -0.39 is 21.6 Å². The molecule has 0 spiro atoms. The molecule has 1 atom stereocenters. The molecule has 1 fully saturated rings. The fourth-order valence-electron chi connectivity index (χ4n) is 0.999. The maximum Gasteiger partial charge on any atom is 0.485 e. The lowest BCUT2D eigenvalue weighted by Gasteiger charge is -2.08. The Bertz CT molecular complexity index is 333. The molecular weight excluding hydrogens is 255 g/mol. The van der Waals surface area contributed by atoms with E-state index in [0.717, 1.165) is 19.4 Å². The Morgan fingerprint density at radius 1 is 1.44 bits per heavy atom. The molecule has 0 aromatic rings. The van der Waals surface area contributed by atoms with E-state index in [1.54, 1.807) is 0 Å². The number of carbonyl (C=O) groups is 1. The molecule has 1 rings (SSSR count). The zero-order valence-corrected chi connectivity index (χ0v) is 8.71. The van der Waals surface area contributed by atoms with Crippen molar-refractivity contribution in [2.24, 2.45) is 0 Å². The zero-order valence-electron chi connectivity index (χ0n) is 7.90. The molecule has 0 bridgehead atoms. The van der Waals surface area contributed by atoms with Crippen LogP contribution in [-0.2, 0) is 14.9 Å². The Hall–Kier alpha value is -0.870. The van der Waals surface area contributed by atoms with Gasteiger partial charge in [0.2, 0.25) is 0 Å². The van der Waals surface area contributed by atoms with Crippen LogP contribution in [0, 0.1) is 0 Å². The number of carboxylic acids is 1. The molecule has 0 aromatic carbocycles. The van der Waals surface area contributed by atoms with Crippen molar-refractivity contribution in [1.29, 1.82) is 0 Å². The summed E-state index contributed by atoms with van der Waals surface area (Å²) in [6.07, 6.45) is 1.90. The fraction of sp³-hybridized carbons (Fsp3) is 0.833. The smallest absolute Gasteiger partial charge is 0.485 e. The van der Waals surface area contributed by atoms with Crippen LogP contribution < -0.4 is 5.32 Å². The van der Waals surface area contributed by atoms with Crippen molar-refractivity contribution in [2.75, 3.05) is 6.54 Å². The van der Waals surface area contributed by atoms with Crippen molar-refractivity contribution in [3.8, 4) is 0 Å². The monoisotopic (exact) mass is 265 g/mol. The van der Waals surface area contributed by atoms with Crippen LogP contribution in [0.2, 0.25) is 0 Å². The summed E-state index contributed by atoms with van der Waals surface area (Å²) in [7, 11) is -6.09. The summed E-state index contributed by atoms with van der Waals surface area (Å²) in [6.45, 7) is 0.983. The van der Waals surface area contributed by atoms with E-state index in [1.807, 2.05) is 5.32 Å². The molecule has 1 aliphatic rings. The third-order valence-corrected chi connectivity index (χ3v) is 2.34. The van der Waals surface area contributed by atoms with E-state index in [9.17, 15) is 18.0 Å². The lowest BCUT2D eigenvalue weighted by molar-refractivity contribution is -0.658. The minimum absolute atomic E-state index is 0.144. The van der Waals surface area contributed by atoms with Crippen molar-refractivity contribution in [2.45, 2.75) is 24.4 Å². The molecule has 3 N–H and O–H groups in total. The highest BCUT2D eigenvalue weighted by Crippen LogP contribution is 2.20. The van der Waals surface area contributed by atoms with Gasteiger partial charge in [0.05, 0.1) is 6.54 Å². The topological polar surface area (TPSA) is 111 Å². The molecule has 1 aliphatic heterocycles. The zero-order chi connectivity index (χ0) is 13.0. The number of carboxylic acid groups (broad SMARTS) is 1. The Morgan fingerprint density at radius 3 is 2.00 bits per heavy atom. The summed E-state index contributed by atoms with van der Waals surface area (Å²) in [5, 5.41) is 10.3. The summed E-state index contributed by atoms with van der Waals surface area (Å²) in [5.74, 6) is -0.664. The Morgan fingerprint density at radius 2 is 1.88 bits per heavy atom. The number of nitrogens with two attached hydrogens (primary N) is 1. The molecule has 1 saturated heterocycles. The van der Waals surface area contributed by atoms with Crippen LogP contribution in [0.25, 0.3) is 0 Å². The summed E-state index contributed by atoms with van der Waals surface area (Å²) in [6, 6.07) is -0.144. The average Bonchev–Trinajstić information content (AvgIpc) is 2.51. The Kier molecular flexibility index (Phi) is 5.16. The summed E-state index contributed by atoms with van der Waals surface area (Å²) < 4.78 is 58.9. The molecule has 1 heterocycles. The largest absolute Gasteiger partial charge is 0.741 e. The van der Waals surface area contributed by atoms with Gasteiger partial charge in [-0.2, -0.15) is 13.2 Å². The van der Waals surface area contributed by atoms with E-state index in [-0.39, 0.29) is 6.04 Å². The van der Waals surface area contributed by atoms with Gasteiger partial charge in [-0.3, -0.25) is 0 Å². The van der Waals surface area contributed by atoms with Crippen LogP contribution in [-0.4, -0.2) is 42.1 Å². The van der Waals surface area contributed by atoms with Crippen molar-refractivity contribution in [3.05, 3.63) is 0 Å². The highest BCUT2D eigenvalue weighted by molar-refractivity contribution is 7.86. The van der Waals surface area contributed by atoms with Gasteiger partial charge in [-0.05, 0) is 0 Å². The SMILES string of the molecule is O=C(O)C1CCC[NH2+]1.O=S(=O)([O-])C(F)(F)F. The first-order chi connectivity index (χ1) is 7.05. The van der Waals surface area contributed by atoms with Gasteiger partial charge in [-0.25, -0.2) is 13.2 Å². The van der Waals surface area contributed by atoms with Gasteiger partial charge in [-0.15, -0.1) is 0 Å². The predicted octanol–water partition coefficient (Wildman–Crippen LogP) is -1.15. The normalized spacial score (nSPS) is 21.1. The summed E-state index contributed by atoms with van der Waals surface area (Å²) in [5.41, 5.74) is -5.65. The summed E-state index contributed by atoms with van der Waals surface area (Å²) >= 11 is 0. The molecular formula is C6H10F3NO5S. The second-order valence-electron chi connectivity index (χ2n) is 3.01. The summed E-state index contributed by atoms with van der Waals surface area (Å²) in [4.78, 5) is 10.2. The quantitative estimate of drug-likeness (QED) is 0.459. The van der Waals surface area contributed by atoms with E-state index in [4.69, 9.17) is 18.1 Å². The van der Waals surface area contributed by atoms with Gasteiger partial charge >= 0.3 is 11.5 Å². The van der Waals surface area contributed by atoms with Gasteiger partial charge in [0, 0.05) is 12.8 Å². The first-order valence-electron chi connectivity index (χ1n) is 4.14. The van der Waals surface area contributed by atoms with Crippen LogP contribution >= 0.6 is 0 Å². The maximum atomic E-state index is 10.7. The highest BCUT2D eigenvalue weighted by Gasteiger charge is 2.36. The highest BCUT2D eigenvalue weighted by atomic mass is 32.2. The number of aliphatic carboxylic acids is 1. The number of quaternary nitrogens is 1. The van der Waals surface area contributed by atoms with Crippen LogP contribution in [0.3, 0.4) is 0 Å². The van der Waals surface area contributed by atoms with Gasteiger partial charge < -0.3 is 15.0 Å². The molecule has 0 saturated carbocycles. The van der Waals surface area contributed by atoms with Crippen molar-refractivity contribution >= 4 is 16.1 Å². The van der Waals surface area contributed by atoms with E-state index in [1.165, 1.54) is 0 Å². The molecule has 0 aromatic heterocycles.